The Kier molecular flexibility index (Phi) is 9.96. The second-order valence-corrected chi connectivity index (χ2v) is 3.15. The van der Waals surface area contributed by atoms with Gasteiger partial charge in [-0.2, -0.15) is 0 Å². The molecule has 0 aromatic heterocycles. The molecule has 0 aliphatic rings. The van der Waals surface area contributed by atoms with Crippen molar-refractivity contribution in [2.24, 2.45) is 0 Å². The number of esters is 1. The maximum Gasteiger partial charge on any atom is 0.305 e. The number of carbonyl (C=O) groups is 1. The number of ether oxygens (including phenoxy) is 1. The maximum absolute atomic E-state index is 11.7. The van der Waals surface area contributed by atoms with E-state index in [1.54, 1.807) is 0 Å². The van der Waals surface area contributed by atoms with Crippen LogP contribution in [0.25, 0.3) is 0 Å². The Labute approximate surface area is 84.3 Å². The lowest BCUT2D eigenvalue weighted by Gasteiger charge is -2.02. The molecule has 0 aliphatic carbocycles. The van der Waals surface area contributed by atoms with Crippen LogP contribution in [-0.4, -0.2) is 31.0 Å². The van der Waals surface area contributed by atoms with Crippen molar-refractivity contribution in [3.05, 3.63) is 0 Å². The molecule has 0 aliphatic heterocycles. The standard InChI is InChI=1S/C10H19FO3/c11-7-5-3-1-2-4-6-10(13)14-9-8-12/h12H,1-9H2. The van der Waals surface area contributed by atoms with E-state index in [4.69, 9.17) is 5.11 Å². The molecular weight excluding hydrogens is 187 g/mol. The van der Waals surface area contributed by atoms with Gasteiger partial charge in [0, 0.05) is 6.42 Å². The van der Waals surface area contributed by atoms with E-state index >= 15 is 0 Å². The van der Waals surface area contributed by atoms with E-state index in [0.717, 1.165) is 25.7 Å². The van der Waals surface area contributed by atoms with Gasteiger partial charge in [-0.05, 0) is 12.8 Å². The summed E-state index contributed by atoms with van der Waals surface area (Å²) in [4.78, 5) is 10.9. The molecule has 14 heavy (non-hydrogen) atoms. The van der Waals surface area contributed by atoms with Crippen molar-refractivity contribution in [1.29, 1.82) is 0 Å². The minimum atomic E-state index is -0.260. The summed E-state index contributed by atoms with van der Waals surface area (Å²) in [5, 5.41) is 8.37. The summed E-state index contributed by atoms with van der Waals surface area (Å²) in [5.41, 5.74) is 0. The first kappa shape index (κ1) is 13.4. The van der Waals surface area contributed by atoms with Crippen LogP contribution in [0.5, 0.6) is 0 Å². The lowest BCUT2D eigenvalue weighted by molar-refractivity contribution is -0.144. The van der Waals surface area contributed by atoms with Gasteiger partial charge in [-0.3, -0.25) is 9.18 Å². The van der Waals surface area contributed by atoms with Crippen LogP contribution in [-0.2, 0) is 9.53 Å². The SMILES string of the molecule is O=C(CCCCCCCF)OCCO. The summed E-state index contributed by atoms with van der Waals surface area (Å²) in [5.74, 6) is -0.260. The first-order chi connectivity index (χ1) is 6.81. The molecule has 0 aromatic carbocycles. The molecule has 0 spiro atoms. The zero-order valence-corrected chi connectivity index (χ0v) is 8.51. The number of halogens is 1. The van der Waals surface area contributed by atoms with Crippen molar-refractivity contribution in [3.63, 3.8) is 0 Å². The molecule has 0 bridgehead atoms. The molecule has 0 rings (SSSR count). The van der Waals surface area contributed by atoms with Crippen molar-refractivity contribution in [2.45, 2.75) is 38.5 Å². The number of aliphatic hydroxyl groups excluding tert-OH is 1. The minimum Gasteiger partial charge on any atom is -0.463 e. The van der Waals surface area contributed by atoms with Crippen LogP contribution in [0.1, 0.15) is 38.5 Å². The van der Waals surface area contributed by atoms with Crippen LogP contribution in [0.3, 0.4) is 0 Å². The third-order valence-electron chi connectivity index (χ3n) is 1.87. The van der Waals surface area contributed by atoms with Crippen molar-refractivity contribution >= 4 is 5.97 Å². The Morgan fingerprint density at radius 2 is 1.79 bits per heavy atom. The molecule has 0 fully saturated rings. The van der Waals surface area contributed by atoms with Gasteiger partial charge in [0.25, 0.3) is 0 Å². The van der Waals surface area contributed by atoms with Crippen molar-refractivity contribution in [3.8, 4) is 0 Å². The van der Waals surface area contributed by atoms with Crippen LogP contribution in [0.15, 0.2) is 0 Å². The Balaban J connectivity index is 3.07. The largest absolute Gasteiger partial charge is 0.463 e. The minimum absolute atomic E-state index is 0.0840. The van der Waals surface area contributed by atoms with E-state index in [0.29, 0.717) is 12.8 Å². The van der Waals surface area contributed by atoms with Gasteiger partial charge in [0.15, 0.2) is 0 Å². The summed E-state index contributed by atoms with van der Waals surface area (Å²) < 4.78 is 16.3. The number of hydrogen-bond donors (Lipinski definition) is 1. The zero-order valence-electron chi connectivity index (χ0n) is 8.51. The van der Waals surface area contributed by atoms with Crippen molar-refractivity contribution in [1.82, 2.24) is 0 Å². The average Bonchev–Trinajstić information content (AvgIpc) is 2.20. The topological polar surface area (TPSA) is 46.5 Å². The average molecular weight is 206 g/mol. The first-order valence-electron chi connectivity index (χ1n) is 5.13. The van der Waals surface area contributed by atoms with Gasteiger partial charge in [0.1, 0.15) is 6.61 Å². The Morgan fingerprint density at radius 1 is 1.14 bits per heavy atom. The molecule has 0 atom stereocenters. The normalized spacial score (nSPS) is 10.1. The predicted octanol–water partition coefficient (Wildman–Crippen LogP) is 1.83. The fourth-order valence-electron chi connectivity index (χ4n) is 1.13. The second kappa shape index (κ2) is 10.4. The van der Waals surface area contributed by atoms with Crippen LogP contribution >= 0.6 is 0 Å². The van der Waals surface area contributed by atoms with Gasteiger partial charge in [-0.15, -0.1) is 0 Å². The highest BCUT2D eigenvalue weighted by molar-refractivity contribution is 5.69. The quantitative estimate of drug-likeness (QED) is 0.462. The second-order valence-electron chi connectivity index (χ2n) is 3.15. The Bertz CT molecular complexity index is 139. The van der Waals surface area contributed by atoms with E-state index in [2.05, 4.69) is 4.74 Å². The molecule has 3 nitrogen and oxygen atoms in total. The zero-order chi connectivity index (χ0) is 10.6. The molecule has 0 unspecified atom stereocenters. The van der Waals surface area contributed by atoms with Gasteiger partial charge in [-0.1, -0.05) is 19.3 Å². The lowest BCUT2D eigenvalue weighted by Crippen LogP contribution is -2.07. The van der Waals surface area contributed by atoms with E-state index < -0.39 is 0 Å². The Morgan fingerprint density at radius 3 is 2.43 bits per heavy atom. The number of aliphatic hydroxyl groups is 1. The van der Waals surface area contributed by atoms with Crippen LogP contribution < -0.4 is 0 Å². The first-order valence-corrected chi connectivity index (χ1v) is 5.13. The van der Waals surface area contributed by atoms with Gasteiger partial charge < -0.3 is 9.84 Å². The highest BCUT2D eigenvalue weighted by atomic mass is 19.1. The molecule has 84 valence electrons. The molecule has 0 amide bonds. The number of hydrogen-bond acceptors (Lipinski definition) is 3. The third kappa shape index (κ3) is 9.45. The number of unbranched alkanes of at least 4 members (excludes halogenated alkanes) is 4. The van der Waals surface area contributed by atoms with E-state index in [9.17, 15) is 9.18 Å². The van der Waals surface area contributed by atoms with Gasteiger partial charge in [0.2, 0.25) is 0 Å². The van der Waals surface area contributed by atoms with Crippen LogP contribution in [0.2, 0.25) is 0 Å². The Hall–Kier alpha value is -0.640. The molecule has 1 N–H and O–H groups in total. The fourth-order valence-corrected chi connectivity index (χ4v) is 1.13. The molecule has 0 aromatic rings. The van der Waals surface area contributed by atoms with Gasteiger partial charge in [-0.25, -0.2) is 0 Å². The monoisotopic (exact) mass is 206 g/mol. The fraction of sp³-hybridized carbons (Fsp3) is 0.900. The third-order valence-corrected chi connectivity index (χ3v) is 1.87. The highest BCUT2D eigenvalue weighted by Crippen LogP contribution is 2.06. The van der Waals surface area contributed by atoms with E-state index in [-0.39, 0.29) is 25.9 Å². The van der Waals surface area contributed by atoms with Crippen molar-refractivity contribution in [2.75, 3.05) is 19.9 Å². The number of rotatable bonds is 9. The molecule has 0 saturated heterocycles. The highest BCUT2D eigenvalue weighted by Gasteiger charge is 2.01. The van der Waals surface area contributed by atoms with Gasteiger partial charge >= 0.3 is 5.97 Å². The molecule has 0 radical (unpaired) electrons. The summed E-state index contributed by atoms with van der Waals surface area (Å²) in [6.45, 7) is -0.290. The maximum atomic E-state index is 11.7. The summed E-state index contributed by atoms with van der Waals surface area (Å²) in [6.07, 6.45) is 4.61. The lowest BCUT2D eigenvalue weighted by atomic mass is 10.1. The van der Waals surface area contributed by atoms with E-state index in [1.165, 1.54) is 0 Å². The van der Waals surface area contributed by atoms with E-state index in [1.807, 2.05) is 0 Å². The molecule has 4 heteroatoms. The number of alkyl halides is 1. The smallest absolute Gasteiger partial charge is 0.305 e. The summed E-state index contributed by atoms with van der Waals surface area (Å²) in [7, 11) is 0. The number of carbonyl (C=O) groups excluding carboxylic acids is 1. The van der Waals surface area contributed by atoms with Gasteiger partial charge in [0.05, 0.1) is 13.3 Å². The predicted molar refractivity (Wildman–Crippen MR) is 51.7 cm³/mol. The molecule has 0 saturated carbocycles. The van der Waals surface area contributed by atoms with Crippen LogP contribution in [0, 0.1) is 0 Å². The summed E-state index contributed by atoms with van der Waals surface area (Å²) in [6, 6.07) is 0. The summed E-state index contributed by atoms with van der Waals surface area (Å²) >= 11 is 0. The molecule has 0 heterocycles. The van der Waals surface area contributed by atoms with Crippen LogP contribution in [0.4, 0.5) is 4.39 Å². The molecular formula is C10H19FO3. The van der Waals surface area contributed by atoms with Crippen molar-refractivity contribution < 1.29 is 19.0 Å².